The summed E-state index contributed by atoms with van der Waals surface area (Å²) in [6.45, 7) is 1.58. The van der Waals surface area contributed by atoms with Gasteiger partial charge in [-0.2, -0.15) is 0 Å². The third-order valence-corrected chi connectivity index (χ3v) is 3.98. The average molecular weight is 298 g/mol. The standard InChI is InChI=1S/C14H16ClNO2S/c1-17-13-4-3-10(5-14(13)18-2)7-16-8-12-6-11(15)9-19-12/h3-6,9,16H,7-8H2,1-2H3. The van der Waals surface area contributed by atoms with Crippen molar-refractivity contribution in [3.05, 3.63) is 45.1 Å². The van der Waals surface area contributed by atoms with Gasteiger partial charge in [0.15, 0.2) is 11.5 Å². The van der Waals surface area contributed by atoms with E-state index in [-0.39, 0.29) is 0 Å². The average Bonchev–Trinajstić information content (AvgIpc) is 2.84. The van der Waals surface area contributed by atoms with Crippen molar-refractivity contribution in [2.75, 3.05) is 14.2 Å². The second-order valence-electron chi connectivity index (χ2n) is 4.02. The highest BCUT2D eigenvalue weighted by atomic mass is 35.5. The van der Waals surface area contributed by atoms with E-state index < -0.39 is 0 Å². The van der Waals surface area contributed by atoms with Crippen molar-refractivity contribution < 1.29 is 9.47 Å². The number of ether oxygens (including phenoxy) is 2. The smallest absolute Gasteiger partial charge is 0.161 e. The molecule has 0 saturated carbocycles. The summed E-state index contributed by atoms with van der Waals surface area (Å²) in [6.07, 6.45) is 0. The Morgan fingerprint density at radius 1 is 1.11 bits per heavy atom. The molecule has 5 heteroatoms. The van der Waals surface area contributed by atoms with E-state index in [9.17, 15) is 0 Å². The molecule has 0 saturated heterocycles. The van der Waals surface area contributed by atoms with E-state index in [2.05, 4.69) is 5.32 Å². The lowest BCUT2D eigenvalue weighted by molar-refractivity contribution is 0.354. The first-order valence-corrected chi connectivity index (χ1v) is 7.13. The molecule has 0 aliphatic rings. The van der Waals surface area contributed by atoms with Gasteiger partial charge < -0.3 is 14.8 Å². The number of hydrogen-bond acceptors (Lipinski definition) is 4. The normalized spacial score (nSPS) is 10.5. The second kappa shape index (κ2) is 6.80. The Labute approximate surface area is 122 Å². The Morgan fingerprint density at radius 2 is 1.89 bits per heavy atom. The minimum Gasteiger partial charge on any atom is -0.493 e. The van der Waals surface area contributed by atoms with Crippen LogP contribution in [0.3, 0.4) is 0 Å². The fourth-order valence-electron chi connectivity index (χ4n) is 1.77. The Hall–Kier alpha value is -1.23. The molecular formula is C14H16ClNO2S. The minimum atomic E-state index is 0.747. The number of methoxy groups -OCH3 is 2. The molecule has 0 aliphatic heterocycles. The minimum absolute atomic E-state index is 0.747. The summed E-state index contributed by atoms with van der Waals surface area (Å²) in [5, 5.41) is 6.11. The molecule has 0 amide bonds. The molecule has 1 N–H and O–H groups in total. The van der Waals surface area contributed by atoms with Gasteiger partial charge in [0, 0.05) is 23.3 Å². The predicted octanol–water partition coefficient (Wildman–Crippen LogP) is 3.71. The number of halogens is 1. The highest BCUT2D eigenvalue weighted by Crippen LogP contribution is 2.27. The third kappa shape index (κ3) is 3.86. The molecule has 0 fully saturated rings. The third-order valence-electron chi connectivity index (χ3n) is 2.70. The highest BCUT2D eigenvalue weighted by molar-refractivity contribution is 7.10. The summed E-state index contributed by atoms with van der Waals surface area (Å²) in [5.74, 6) is 1.50. The number of hydrogen-bond donors (Lipinski definition) is 1. The Kier molecular flexibility index (Phi) is 5.07. The fourth-order valence-corrected chi connectivity index (χ4v) is 2.81. The van der Waals surface area contributed by atoms with E-state index in [0.29, 0.717) is 0 Å². The van der Waals surface area contributed by atoms with Crippen molar-refractivity contribution in [2.45, 2.75) is 13.1 Å². The lowest BCUT2D eigenvalue weighted by Gasteiger charge is -2.10. The van der Waals surface area contributed by atoms with Gasteiger partial charge in [-0.15, -0.1) is 11.3 Å². The van der Waals surface area contributed by atoms with Crippen LogP contribution in [0.2, 0.25) is 5.02 Å². The van der Waals surface area contributed by atoms with Crippen molar-refractivity contribution in [2.24, 2.45) is 0 Å². The summed E-state index contributed by atoms with van der Waals surface area (Å²) in [5.41, 5.74) is 1.15. The van der Waals surface area contributed by atoms with Gasteiger partial charge in [-0.25, -0.2) is 0 Å². The van der Waals surface area contributed by atoms with Gasteiger partial charge in [0.1, 0.15) is 0 Å². The van der Waals surface area contributed by atoms with Crippen molar-refractivity contribution >= 4 is 22.9 Å². The topological polar surface area (TPSA) is 30.5 Å². The molecule has 19 heavy (non-hydrogen) atoms. The molecule has 0 bridgehead atoms. The summed E-state index contributed by atoms with van der Waals surface area (Å²) < 4.78 is 10.5. The second-order valence-corrected chi connectivity index (χ2v) is 5.46. The lowest BCUT2D eigenvalue weighted by atomic mass is 10.2. The lowest BCUT2D eigenvalue weighted by Crippen LogP contribution is -2.11. The zero-order valence-electron chi connectivity index (χ0n) is 10.9. The van der Waals surface area contributed by atoms with Gasteiger partial charge in [0.2, 0.25) is 0 Å². The number of nitrogens with one attached hydrogen (secondary N) is 1. The largest absolute Gasteiger partial charge is 0.493 e. The van der Waals surface area contributed by atoms with E-state index in [1.165, 1.54) is 4.88 Å². The first-order chi connectivity index (χ1) is 9.22. The summed E-state index contributed by atoms with van der Waals surface area (Å²) in [6, 6.07) is 7.90. The van der Waals surface area contributed by atoms with E-state index in [1.807, 2.05) is 29.6 Å². The van der Waals surface area contributed by atoms with Crippen molar-refractivity contribution in [3.8, 4) is 11.5 Å². The van der Waals surface area contributed by atoms with E-state index in [0.717, 1.165) is 35.2 Å². The van der Waals surface area contributed by atoms with Crippen LogP contribution in [0.5, 0.6) is 11.5 Å². The molecular weight excluding hydrogens is 282 g/mol. The number of benzene rings is 1. The van der Waals surface area contributed by atoms with Crippen LogP contribution in [-0.4, -0.2) is 14.2 Å². The SMILES string of the molecule is COc1ccc(CNCc2cc(Cl)cs2)cc1OC. The molecule has 1 aromatic heterocycles. The molecule has 0 spiro atoms. The molecule has 1 heterocycles. The molecule has 1 aromatic carbocycles. The number of rotatable bonds is 6. The van der Waals surface area contributed by atoms with E-state index in [1.54, 1.807) is 25.6 Å². The Morgan fingerprint density at radius 3 is 2.53 bits per heavy atom. The van der Waals surface area contributed by atoms with Crippen LogP contribution in [0.4, 0.5) is 0 Å². The van der Waals surface area contributed by atoms with Crippen LogP contribution in [0, 0.1) is 0 Å². The van der Waals surface area contributed by atoms with Crippen molar-refractivity contribution in [1.82, 2.24) is 5.32 Å². The molecule has 102 valence electrons. The maximum Gasteiger partial charge on any atom is 0.161 e. The molecule has 2 aromatic rings. The molecule has 2 rings (SSSR count). The van der Waals surface area contributed by atoms with Gasteiger partial charge in [0.05, 0.1) is 19.2 Å². The molecule has 0 radical (unpaired) electrons. The van der Waals surface area contributed by atoms with Crippen LogP contribution in [0.1, 0.15) is 10.4 Å². The van der Waals surface area contributed by atoms with Gasteiger partial charge in [-0.3, -0.25) is 0 Å². The Balaban J connectivity index is 1.92. The zero-order chi connectivity index (χ0) is 13.7. The van der Waals surface area contributed by atoms with Crippen LogP contribution in [0.25, 0.3) is 0 Å². The summed E-state index contributed by atoms with van der Waals surface area (Å²) >= 11 is 7.54. The first-order valence-electron chi connectivity index (χ1n) is 5.87. The number of thiophene rings is 1. The van der Waals surface area contributed by atoms with Gasteiger partial charge >= 0.3 is 0 Å². The van der Waals surface area contributed by atoms with Gasteiger partial charge in [-0.1, -0.05) is 17.7 Å². The van der Waals surface area contributed by atoms with Crippen LogP contribution in [-0.2, 0) is 13.1 Å². The maximum atomic E-state index is 5.88. The fraction of sp³-hybridized carbons (Fsp3) is 0.286. The van der Waals surface area contributed by atoms with Gasteiger partial charge in [0.25, 0.3) is 0 Å². The monoisotopic (exact) mass is 297 g/mol. The summed E-state index contributed by atoms with van der Waals surface area (Å²) in [4.78, 5) is 1.23. The van der Waals surface area contributed by atoms with Gasteiger partial charge in [-0.05, 0) is 23.8 Å². The maximum absolute atomic E-state index is 5.88. The molecule has 0 aliphatic carbocycles. The zero-order valence-corrected chi connectivity index (χ0v) is 12.5. The van der Waals surface area contributed by atoms with Crippen molar-refractivity contribution in [3.63, 3.8) is 0 Å². The molecule has 0 atom stereocenters. The molecule has 3 nitrogen and oxygen atoms in total. The van der Waals surface area contributed by atoms with Crippen LogP contribution in [0.15, 0.2) is 29.6 Å². The predicted molar refractivity (Wildman–Crippen MR) is 79.4 cm³/mol. The Bertz CT molecular complexity index is 542. The molecule has 0 unspecified atom stereocenters. The van der Waals surface area contributed by atoms with Crippen LogP contribution >= 0.6 is 22.9 Å². The highest BCUT2D eigenvalue weighted by Gasteiger charge is 2.04. The van der Waals surface area contributed by atoms with E-state index >= 15 is 0 Å². The van der Waals surface area contributed by atoms with Crippen molar-refractivity contribution in [1.29, 1.82) is 0 Å². The quantitative estimate of drug-likeness (QED) is 0.882. The van der Waals surface area contributed by atoms with E-state index in [4.69, 9.17) is 21.1 Å². The first kappa shape index (κ1) is 14.2. The summed E-state index contributed by atoms with van der Waals surface area (Å²) in [7, 11) is 3.28. The van der Waals surface area contributed by atoms with Crippen LogP contribution < -0.4 is 14.8 Å².